The number of rotatable bonds is 14. The summed E-state index contributed by atoms with van der Waals surface area (Å²) in [6.45, 7) is 30.0. The fourth-order valence-electron chi connectivity index (χ4n) is 5.89. The van der Waals surface area contributed by atoms with Crippen molar-refractivity contribution in [2.75, 3.05) is 18.5 Å². The second-order valence-corrected chi connectivity index (χ2v) is 20.4. The molecule has 0 aliphatic heterocycles. The maximum atomic E-state index is 13.0. The standard InChI is InChI=1S/C34H52N7O4PSi/c1-12-25-20-27(40-22-38-28-31(36-21-37-32(28)40)39-33(42)26-16-14-13-15-17-26)30(45-47(10,11)34(6,7)8)29(25)44-46(43-19-18-35-9)41(23(2)3)24(4)5/h13-17,21-25,27,29-30H,12,18-20H2,1-8,10-11H3,(H,36,37,39,42). The van der Waals surface area contributed by atoms with Gasteiger partial charge in [0.1, 0.15) is 12.9 Å². The molecule has 1 aliphatic carbocycles. The predicted octanol–water partition coefficient (Wildman–Crippen LogP) is 8.11. The zero-order valence-corrected chi connectivity index (χ0v) is 31.5. The molecule has 0 radical (unpaired) electrons. The summed E-state index contributed by atoms with van der Waals surface area (Å²) in [5.74, 6) is 0.289. The Morgan fingerprint density at radius 1 is 1.13 bits per heavy atom. The second-order valence-electron chi connectivity index (χ2n) is 14.3. The quantitative estimate of drug-likeness (QED) is 0.0787. The number of hydrogen-bond donors (Lipinski definition) is 1. The number of carbonyl (C=O) groups excluding carboxylic acids is 1. The van der Waals surface area contributed by atoms with Gasteiger partial charge in [0, 0.05) is 17.6 Å². The van der Waals surface area contributed by atoms with E-state index in [1.807, 2.05) is 18.2 Å². The summed E-state index contributed by atoms with van der Waals surface area (Å²) >= 11 is 0. The average molecular weight is 682 g/mol. The van der Waals surface area contributed by atoms with Crippen molar-refractivity contribution in [3.05, 3.63) is 60.0 Å². The lowest BCUT2D eigenvalue weighted by molar-refractivity contribution is 0.0176. The molecule has 1 fully saturated rings. The first-order chi connectivity index (χ1) is 22.2. The van der Waals surface area contributed by atoms with Gasteiger partial charge in [-0.25, -0.2) is 26.2 Å². The Hall–Kier alpha value is -2.78. The Bertz CT molecular complexity index is 1510. The summed E-state index contributed by atoms with van der Waals surface area (Å²) in [5.41, 5.74) is 1.69. The molecule has 1 aliphatic rings. The number of carbonyl (C=O) groups is 1. The topological polar surface area (TPSA) is 108 Å². The van der Waals surface area contributed by atoms with Gasteiger partial charge in [-0.05, 0) is 70.3 Å². The third-order valence-electron chi connectivity index (χ3n) is 9.32. The molecule has 1 amide bonds. The molecule has 4 rings (SSSR count). The predicted molar refractivity (Wildman–Crippen MR) is 191 cm³/mol. The van der Waals surface area contributed by atoms with E-state index in [0.29, 0.717) is 29.2 Å². The first kappa shape index (κ1) is 37.0. The molecule has 11 nitrogen and oxygen atoms in total. The van der Waals surface area contributed by atoms with Gasteiger partial charge < -0.3 is 28.2 Å². The molecule has 0 spiro atoms. The van der Waals surface area contributed by atoms with E-state index in [2.05, 4.69) is 97.9 Å². The molecular formula is C34H52N7O4PSi. The van der Waals surface area contributed by atoms with Crippen molar-refractivity contribution in [1.82, 2.24) is 24.2 Å². The highest BCUT2D eigenvalue weighted by Gasteiger charge is 2.52. The number of hydrogen-bond acceptors (Lipinski definition) is 8. The Kier molecular flexibility index (Phi) is 12.3. The lowest BCUT2D eigenvalue weighted by Gasteiger charge is -2.43. The molecule has 1 saturated carbocycles. The summed E-state index contributed by atoms with van der Waals surface area (Å²) in [4.78, 5) is 30.3. The minimum absolute atomic E-state index is 0.0285. The zero-order valence-electron chi connectivity index (χ0n) is 29.6. The van der Waals surface area contributed by atoms with Gasteiger partial charge in [-0.1, -0.05) is 52.3 Å². The summed E-state index contributed by atoms with van der Waals surface area (Å²) in [6, 6.07) is 9.30. The second kappa shape index (κ2) is 15.6. The van der Waals surface area contributed by atoms with Crippen LogP contribution in [0.4, 0.5) is 5.82 Å². The highest BCUT2D eigenvalue weighted by molar-refractivity contribution is 7.44. The smallest absolute Gasteiger partial charge is 0.259 e. The van der Waals surface area contributed by atoms with Crippen molar-refractivity contribution in [3.8, 4) is 0 Å². The fourth-order valence-corrected chi connectivity index (χ4v) is 9.01. The largest absolute Gasteiger partial charge is 0.409 e. The van der Waals surface area contributed by atoms with Crippen molar-refractivity contribution in [3.63, 3.8) is 0 Å². The van der Waals surface area contributed by atoms with E-state index >= 15 is 0 Å². The van der Waals surface area contributed by atoms with Crippen molar-refractivity contribution in [2.45, 2.75) is 117 Å². The maximum Gasteiger partial charge on any atom is 0.259 e. The average Bonchev–Trinajstić information content (AvgIpc) is 3.58. The van der Waals surface area contributed by atoms with Gasteiger partial charge in [0.15, 0.2) is 25.3 Å². The van der Waals surface area contributed by atoms with Crippen LogP contribution in [-0.4, -0.2) is 75.9 Å². The molecule has 0 saturated heterocycles. The van der Waals surface area contributed by atoms with E-state index in [1.165, 1.54) is 6.33 Å². The highest BCUT2D eigenvalue weighted by Crippen LogP contribution is 2.54. The molecule has 1 N–H and O–H groups in total. The minimum atomic E-state index is -2.29. The van der Waals surface area contributed by atoms with E-state index < -0.39 is 16.8 Å². The Labute approximate surface area is 282 Å². The molecule has 5 unspecified atom stereocenters. The van der Waals surface area contributed by atoms with Crippen LogP contribution in [0.25, 0.3) is 16.0 Å². The summed E-state index contributed by atoms with van der Waals surface area (Å²) in [6.07, 6.45) is 4.41. The molecule has 13 heteroatoms. The zero-order chi connectivity index (χ0) is 34.5. The van der Waals surface area contributed by atoms with Crippen LogP contribution < -0.4 is 5.32 Å². The number of nitrogens with zero attached hydrogens (tertiary/aromatic N) is 6. The van der Waals surface area contributed by atoms with Gasteiger partial charge in [-0.15, -0.1) is 0 Å². The van der Waals surface area contributed by atoms with E-state index in [0.717, 1.165) is 12.8 Å². The van der Waals surface area contributed by atoms with Gasteiger partial charge in [0.2, 0.25) is 6.54 Å². The SMILES string of the molecule is [C-]#[N+]CCOP(OC1C(CC)CC(n2cnc3c(NC(=O)c4ccccc4)ncnc32)C1O[Si](C)(C)C(C)(C)C)N(C(C)C)C(C)C. The Morgan fingerprint density at radius 2 is 1.81 bits per heavy atom. The van der Waals surface area contributed by atoms with Crippen LogP contribution in [0.1, 0.15) is 84.6 Å². The molecule has 256 valence electrons. The molecule has 3 aromatic rings. The normalized spacial score (nSPS) is 21.1. The molecular weight excluding hydrogens is 629 g/mol. The lowest BCUT2D eigenvalue weighted by Crippen LogP contribution is -2.49. The number of benzene rings is 1. The molecule has 5 atom stereocenters. The number of nitrogens with one attached hydrogen (secondary N) is 1. The van der Waals surface area contributed by atoms with Gasteiger partial charge in [-0.2, -0.15) is 0 Å². The van der Waals surface area contributed by atoms with Crippen molar-refractivity contribution >= 4 is 39.7 Å². The van der Waals surface area contributed by atoms with Crippen LogP contribution in [0.3, 0.4) is 0 Å². The van der Waals surface area contributed by atoms with Crippen LogP contribution in [-0.2, 0) is 13.5 Å². The van der Waals surface area contributed by atoms with E-state index in [1.54, 1.807) is 18.5 Å². The highest BCUT2D eigenvalue weighted by atomic mass is 31.2. The maximum absolute atomic E-state index is 13.0. The molecule has 0 bridgehead atoms. The van der Waals surface area contributed by atoms with E-state index in [9.17, 15) is 4.79 Å². The Balaban J connectivity index is 1.76. The number of aromatic nitrogens is 4. The van der Waals surface area contributed by atoms with Gasteiger partial charge >= 0.3 is 0 Å². The third kappa shape index (κ3) is 8.45. The summed E-state index contributed by atoms with van der Waals surface area (Å²) in [7, 11) is -3.76. The van der Waals surface area contributed by atoms with Crippen LogP contribution in [0.15, 0.2) is 43.0 Å². The summed E-state index contributed by atoms with van der Waals surface area (Å²) in [5, 5.41) is 2.90. The minimum Gasteiger partial charge on any atom is -0.409 e. The van der Waals surface area contributed by atoms with E-state index in [-0.39, 0.29) is 53.7 Å². The van der Waals surface area contributed by atoms with E-state index in [4.69, 9.17) is 25.0 Å². The van der Waals surface area contributed by atoms with Crippen molar-refractivity contribution in [2.24, 2.45) is 5.92 Å². The van der Waals surface area contributed by atoms with Gasteiger partial charge in [-0.3, -0.25) is 4.79 Å². The first-order valence-corrected chi connectivity index (χ1v) is 20.7. The molecule has 47 heavy (non-hydrogen) atoms. The summed E-state index contributed by atoms with van der Waals surface area (Å²) < 4.78 is 25.2. The van der Waals surface area contributed by atoms with Crippen LogP contribution in [0.5, 0.6) is 0 Å². The van der Waals surface area contributed by atoms with Crippen LogP contribution in [0.2, 0.25) is 18.1 Å². The number of fused-ring (bicyclic) bond motifs is 1. The monoisotopic (exact) mass is 681 g/mol. The molecule has 2 heterocycles. The van der Waals surface area contributed by atoms with Gasteiger partial charge in [0.05, 0.1) is 24.6 Å². The third-order valence-corrected chi connectivity index (χ3v) is 15.9. The fraction of sp³-hybridized carbons (Fsp3) is 0.618. The number of amides is 1. The number of imidazole rings is 1. The lowest BCUT2D eigenvalue weighted by atomic mass is 10.0. The van der Waals surface area contributed by atoms with Crippen molar-refractivity contribution < 1.29 is 18.3 Å². The van der Waals surface area contributed by atoms with Crippen molar-refractivity contribution in [1.29, 1.82) is 0 Å². The Morgan fingerprint density at radius 3 is 2.40 bits per heavy atom. The van der Waals surface area contributed by atoms with Crippen LogP contribution in [0, 0.1) is 12.5 Å². The molecule has 1 aromatic carbocycles. The molecule has 2 aromatic heterocycles. The first-order valence-electron chi connectivity index (χ1n) is 16.6. The van der Waals surface area contributed by atoms with Gasteiger partial charge in [0.25, 0.3) is 14.4 Å². The number of anilines is 1. The van der Waals surface area contributed by atoms with Crippen LogP contribution >= 0.6 is 8.53 Å².